The topological polar surface area (TPSA) is 103 Å². The molecule has 0 saturated carbocycles. The Morgan fingerprint density at radius 1 is 1.00 bits per heavy atom. The number of aromatic nitrogens is 2. The van der Waals surface area contributed by atoms with Crippen LogP contribution in [0, 0.1) is 0 Å². The molecule has 0 spiro atoms. The second-order valence-electron chi connectivity index (χ2n) is 7.85. The summed E-state index contributed by atoms with van der Waals surface area (Å²) >= 11 is 0. The molecule has 33 heavy (non-hydrogen) atoms. The summed E-state index contributed by atoms with van der Waals surface area (Å²) in [5.41, 5.74) is 2.35. The summed E-state index contributed by atoms with van der Waals surface area (Å²) in [7, 11) is -3.54. The summed E-state index contributed by atoms with van der Waals surface area (Å²) in [6.45, 7) is 4.54. The monoisotopic (exact) mass is 472 g/mol. The van der Waals surface area contributed by atoms with Gasteiger partial charge < -0.3 is 10.1 Å². The number of rotatable bonds is 8. The molecule has 10 heteroatoms. The highest BCUT2D eigenvalue weighted by Gasteiger charge is 2.26. The first-order valence-electron chi connectivity index (χ1n) is 11.0. The molecule has 1 aromatic heterocycles. The van der Waals surface area contributed by atoms with E-state index in [9.17, 15) is 18.0 Å². The molecule has 3 aromatic rings. The van der Waals surface area contributed by atoms with Crippen molar-refractivity contribution in [2.75, 3.05) is 26.3 Å². The lowest BCUT2D eigenvalue weighted by molar-refractivity contribution is -0.121. The number of fused-ring (bicyclic) bond motifs is 1. The summed E-state index contributed by atoms with van der Waals surface area (Å²) in [4.78, 5) is 25.3. The van der Waals surface area contributed by atoms with Gasteiger partial charge in [0.2, 0.25) is 15.9 Å². The van der Waals surface area contributed by atoms with Gasteiger partial charge in [-0.2, -0.15) is 4.31 Å². The Hall–Kier alpha value is -2.95. The highest BCUT2D eigenvalue weighted by atomic mass is 32.2. The molecule has 0 aliphatic carbocycles. The lowest BCUT2D eigenvalue weighted by Crippen LogP contribution is -2.40. The Kier molecular flexibility index (Phi) is 6.96. The van der Waals surface area contributed by atoms with Crippen molar-refractivity contribution in [2.24, 2.45) is 0 Å². The molecular formula is C23H28N4O5S. The van der Waals surface area contributed by atoms with Crippen LogP contribution in [0.1, 0.15) is 18.9 Å². The van der Waals surface area contributed by atoms with Gasteiger partial charge in [0.1, 0.15) is 0 Å². The average molecular weight is 473 g/mol. The van der Waals surface area contributed by atoms with Crippen LogP contribution in [0.2, 0.25) is 0 Å². The van der Waals surface area contributed by atoms with E-state index in [1.54, 1.807) is 33.4 Å². The number of sulfonamides is 1. The van der Waals surface area contributed by atoms with Crippen molar-refractivity contribution in [1.29, 1.82) is 0 Å². The number of benzene rings is 2. The SMILES string of the molecule is CCn1c(=O)n(CCC(=O)NCc2ccc(S(=O)(=O)N3CCOCC3)cc2)c2ccccc21. The Balaban J connectivity index is 1.35. The quantitative estimate of drug-likeness (QED) is 0.536. The fraction of sp³-hybridized carbons (Fsp3) is 0.391. The summed E-state index contributed by atoms with van der Waals surface area (Å²) in [5.74, 6) is -0.180. The molecule has 176 valence electrons. The van der Waals surface area contributed by atoms with Crippen LogP contribution in [0.3, 0.4) is 0 Å². The minimum atomic E-state index is -3.54. The second kappa shape index (κ2) is 9.90. The summed E-state index contributed by atoms with van der Waals surface area (Å²) < 4.78 is 35.4. The van der Waals surface area contributed by atoms with Gasteiger partial charge in [-0.15, -0.1) is 0 Å². The highest BCUT2D eigenvalue weighted by Crippen LogP contribution is 2.18. The number of ether oxygens (including phenoxy) is 1. The van der Waals surface area contributed by atoms with Crippen LogP contribution in [0.5, 0.6) is 0 Å². The molecule has 9 nitrogen and oxygen atoms in total. The normalized spacial score (nSPS) is 15.1. The average Bonchev–Trinajstić information content (AvgIpc) is 3.12. The number of carbonyl (C=O) groups excluding carboxylic acids is 1. The molecule has 0 radical (unpaired) electrons. The van der Waals surface area contributed by atoms with Crippen LogP contribution in [0.4, 0.5) is 0 Å². The number of imidazole rings is 1. The van der Waals surface area contributed by atoms with E-state index in [1.165, 1.54) is 4.31 Å². The van der Waals surface area contributed by atoms with Crippen molar-refractivity contribution in [3.05, 3.63) is 64.6 Å². The maximum absolute atomic E-state index is 12.7. The molecule has 0 bridgehead atoms. The molecule has 2 heterocycles. The van der Waals surface area contributed by atoms with Gasteiger partial charge in [0, 0.05) is 39.1 Å². The first-order valence-corrected chi connectivity index (χ1v) is 12.5. The Labute approximate surface area is 192 Å². The molecule has 0 atom stereocenters. The number of para-hydroxylation sites is 2. The number of morpholine rings is 1. The Bertz CT molecular complexity index is 1290. The van der Waals surface area contributed by atoms with Crippen LogP contribution in [0.15, 0.2) is 58.2 Å². The van der Waals surface area contributed by atoms with E-state index in [2.05, 4.69) is 5.32 Å². The first kappa shape index (κ1) is 23.2. The predicted octanol–water partition coefficient (Wildman–Crippen LogP) is 1.55. The maximum Gasteiger partial charge on any atom is 0.329 e. The lowest BCUT2D eigenvalue weighted by atomic mass is 10.2. The van der Waals surface area contributed by atoms with Gasteiger partial charge >= 0.3 is 5.69 Å². The first-order chi connectivity index (χ1) is 15.9. The Morgan fingerprint density at radius 3 is 2.27 bits per heavy atom. The van der Waals surface area contributed by atoms with Gasteiger partial charge in [0.05, 0.1) is 29.1 Å². The fourth-order valence-electron chi connectivity index (χ4n) is 4.01. The number of hydrogen-bond acceptors (Lipinski definition) is 5. The van der Waals surface area contributed by atoms with Crippen LogP contribution in [-0.2, 0) is 39.2 Å². The van der Waals surface area contributed by atoms with E-state index in [0.29, 0.717) is 32.8 Å². The van der Waals surface area contributed by atoms with Gasteiger partial charge in [-0.25, -0.2) is 13.2 Å². The molecule has 1 N–H and O–H groups in total. The number of carbonyl (C=O) groups is 1. The van der Waals surface area contributed by atoms with Crippen molar-refractivity contribution in [3.63, 3.8) is 0 Å². The molecule has 2 aromatic carbocycles. The predicted molar refractivity (Wildman–Crippen MR) is 124 cm³/mol. The van der Waals surface area contributed by atoms with E-state index < -0.39 is 10.0 Å². The minimum absolute atomic E-state index is 0.122. The molecule has 1 fully saturated rings. The molecule has 0 unspecified atom stereocenters. The van der Waals surface area contributed by atoms with Crippen molar-refractivity contribution in [1.82, 2.24) is 18.8 Å². The van der Waals surface area contributed by atoms with E-state index in [1.807, 2.05) is 31.2 Å². The van der Waals surface area contributed by atoms with E-state index in [-0.39, 0.29) is 36.0 Å². The second-order valence-corrected chi connectivity index (χ2v) is 9.79. The highest BCUT2D eigenvalue weighted by molar-refractivity contribution is 7.89. The molecule has 1 amide bonds. The van der Waals surface area contributed by atoms with Gasteiger partial charge in [0.25, 0.3) is 0 Å². The van der Waals surface area contributed by atoms with Crippen molar-refractivity contribution >= 4 is 27.0 Å². The van der Waals surface area contributed by atoms with Crippen molar-refractivity contribution < 1.29 is 17.9 Å². The van der Waals surface area contributed by atoms with Crippen molar-refractivity contribution in [2.45, 2.75) is 37.9 Å². The smallest absolute Gasteiger partial charge is 0.329 e. The zero-order valence-corrected chi connectivity index (χ0v) is 19.4. The van der Waals surface area contributed by atoms with Gasteiger partial charge in [0.15, 0.2) is 0 Å². The minimum Gasteiger partial charge on any atom is -0.379 e. The number of nitrogens with one attached hydrogen (secondary N) is 1. The zero-order chi connectivity index (χ0) is 23.4. The molecule has 1 aliphatic heterocycles. The third-order valence-electron chi connectivity index (χ3n) is 5.82. The number of aryl methyl sites for hydroxylation is 2. The molecular weight excluding hydrogens is 444 g/mol. The number of amides is 1. The van der Waals surface area contributed by atoms with Gasteiger partial charge in [-0.1, -0.05) is 24.3 Å². The summed E-state index contributed by atoms with van der Waals surface area (Å²) in [6, 6.07) is 14.1. The summed E-state index contributed by atoms with van der Waals surface area (Å²) in [5, 5.41) is 2.84. The fourth-order valence-corrected chi connectivity index (χ4v) is 5.42. The lowest BCUT2D eigenvalue weighted by Gasteiger charge is -2.26. The molecule has 1 aliphatic rings. The van der Waals surface area contributed by atoms with E-state index in [0.717, 1.165) is 16.6 Å². The number of nitrogens with zero attached hydrogens (tertiary/aromatic N) is 3. The maximum atomic E-state index is 12.7. The van der Waals surface area contributed by atoms with E-state index >= 15 is 0 Å². The molecule has 1 saturated heterocycles. The standard InChI is InChI=1S/C23H28N4O5S/c1-2-26-20-5-3-4-6-21(20)27(23(26)29)12-11-22(28)24-17-18-7-9-19(10-8-18)33(30,31)25-13-15-32-16-14-25/h3-10H,2,11-17H2,1H3,(H,24,28). The largest absolute Gasteiger partial charge is 0.379 e. The van der Waals surface area contributed by atoms with Crippen LogP contribution in [0.25, 0.3) is 11.0 Å². The van der Waals surface area contributed by atoms with Gasteiger partial charge in [-0.05, 0) is 36.8 Å². The summed E-state index contributed by atoms with van der Waals surface area (Å²) in [6.07, 6.45) is 0.168. The third kappa shape index (κ3) is 4.87. The zero-order valence-electron chi connectivity index (χ0n) is 18.6. The Morgan fingerprint density at radius 2 is 1.64 bits per heavy atom. The number of hydrogen-bond donors (Lipinski definition) is 1. The van der Waals surface area contributed by atoms with Crippen molar-refractivity contribution in [3.8, 4) is 0 Å². The van der Waals surface area contributed by atoms with E-state index in [4.69, 9.17) is 4.74 Å². The van der Waals surface area contributed by atoms with Crippen LogP contribution < -0.4 is 11.0 Å². The molecule has 4 rings (SSSR count). The van der Waals surface area contributed by atoms with Crippen LogP contribution >= 0.6 is 0 Å². The van der Waals surface area contributed by atoms with Gasteiger partial charge in [-0.3, -0.25) is 13.9 Å². The van der Waals surface area contributed by atoms with Crippen LogP contribution in [-0.4, -0.2) is 54.1 Å². The third-order valence-corrected chi connectivity index (χ3v) is 7.74.